The first-order valence-corrected chi connectivity index (χ1v) is 12.5. The Morgan fingerprint density at radius 1 is 0.806 bits per heavy atom. The molecule has 1 aliphatic heterocycles. The molecule has 0 spiro atoms. The second kappa shape index (κ2) is 10.2. The van der Waals surface area contributed by atoms with Gasteiger partial charge in [-0.2, -0.15) is 0 Å². The van der Waals surface area contributed by atoms with Crippen LogP contribution in [0.25, 0.3) is 0 Å². The third-order valence-electron chi connectivity index (χ3n) is 5.40. The highest BCUT2D eigenvalue weighted by atomic mass is 31.1. The summed E-state index contributed by atoms with van der Waals surface area (Å²) < 4.78 is 4.80. The molecule has 162 valence electrons. The number of esters is 1. The number of benzene rings is 3. The summed E-state index contributed by atoms with van der Waals surface area (Å²) in [5.74, 6) is -0.225. The smallest absolute Gasteiger partial charge is 0.303 e. The SMILES string of the molecule is CC(=O)OC(C)(C)C.c1ccc(P2CCCC2(c2ccccc2)c2ccccc2)cc1. The third kappa shape index (κ3) is 5.83. The second-order valence-electron chi connectivity index (χ2n) is 8.89. The van der Waals surface area contributed by atoms with E-state index in [1.165, 1.54) is 42.4 Å². The van der Waals surface area contributed by atoms with E-state index < -0.39 is 0 Å². The maximum atomic E-state index is 10.2. The molecule has 1 unspecified atom stereocenters. The van der Waals surface area contributed by atoms with Crippen molar-refractivity contribution in [1.29, 1.82) is 0 Å². The topological polar surface area (TPSA) is 26.3 Å². The van der Waals surface area contributed by atoms with Crippen LogP contribution >= 0.6 is 7.92 Å². The van der Waals surface area contributed by atoms with Gasteiger partial charge in [-0.3, -0.25) is 4.79 Å². The van der Waals surface area contributed by atoms with Crippen LogP contribution < -0.4 is 5.30 Å². The van der Waals surface area contributed by atoms with Crippen molar-refractivity contribution in [1.82, 2.24) is 0 Å². The van der Waals surface area contributed by atoms with Crippen molar-refractivity contribution >= 4 is 19.2 Å². The number of hydrogen-bond donors (Lipinski definition) is 0. The van der Waals surface area contributed by atoms with E-state index in [9.17, 15) is 4.79 Å². The molecular formula is C28H33O2P. The zero-order valence-electron chi connectivity index (χ0n) is 19.0. The molecule has 3 heteroatoms. The van der Waals surface area contributed by atoms with Crippen LogP contribution in [0.1, 0.15) is 51.7 Å². The van der Waals surface area contributed by atoms with E-state index in [1.807, 2.05) is 20.8 Å². The van der Waals surface area contributed by atoms with Gasteiger partial charge in [-0.05, 0) is 56.2 Å². The number of ether oxygens (including phenoxy) is 1. The van der Waals surface area contributed by atoms with Crippen molar-refractivity contribution in [2.75, 3.05) is 6.16 Å². The Morgan fingerprint density at radius 3 is 1.65 bits per heavy atom. The number of carbonyl (C=O) groups is 1. The minimum absolute atomic E-state index is 0.166. The molecule has 0 saturated carbocycles. The standard InChI is InChI=1S/C22H21P.C6H12O2/c1-4-11-19(12-5-1)22(20-13-6-2-7-14-20)17-10-18-23(22)21-15-8-3-9-16-21;1-5(7)8-6(2,3)4/h1-9,11-16H,10,17-18H2;1-4H3. The van der Waals surface area contributed by atoms with Gasteiger partial charge in [0.05, 0.1) is 0 Å². The molecule has 0 aliphatic carbocycles. The largest absolute Gasteiger partial charge is 0.460 e. The van der Waals surface area contributed by atoms with Crippen LogP contribution in [-0.4, -0.2) is 17.7 Å². The summed E-state index contributed by atoms with van der Waals surface area (Å²) in [6, 6.07) is 33.5. The van der Waals surface area contributed by atoms with Gasteiger partial charge in [-0.15, -0.1) is 0 Å². The zero-order chi connectivity index (χ0) is 22.3. The Morgan fingerprint density at radius 2 is 1.26 bits per heavy atom. The van der Waals surface area contributed by atoms with Crippen molar-refractivity contribution in [3.05, 3.63) is 102 Å². The van der Waals surface area contributed by atoms with Gasteiger partial charge in [0.2, 0.25) is 0 Å². The Labute approximate surface area is 188 Å². The quantitative estimate of drug-likeness (QED) is 0.333. The summed E-state index contributed by atoms with van der Waals surface area (Å²) in [5.41, 5.74) is 2.64. The molecule has 1 atom stereocenters. The predicted octanol–water partition coefficient (Wildman–Crippen LogP) is 6.88. The monoisotopic (exact) mass is 432 g/mol. The van der Waals surface area contributed by atoms with Crippen LogP contribution in [0.5, 0.6) is 0 Å². The Hall–Kier alpha value is -2.44. The van der Waals surface area contributed by atoms with Crippen molar-refractivity contribution in [3.63, 3.8) is 0 Å². The molecule has 4 rings (SSSR count). The fourth-order valence-electron chi connectivity index (χ4n) is 4.40. The highest BCUT2D eigenvalue weighted by Crippen LogP contribution is 2.66. The summed E-state index contributed by atoms with van der Waals surface area (Å²) in [6.07, 6.45) is 3.88. The molecule has 1 aliphatic rings. The van der Waals surface area contributed by atoms with Crippen molar-refractivity contribution < 1.29 is 9.53 Å². The molecule has 3 aromatic carbocycles. The summed E-state index contributed by atoms with van der Waals surface area (Å²) in [7, 11) is -0.240. The average Bonchev–Trinajstić information content (AvgIpc) is 3.20. The van der Waals surface area contributed by atoms with Crippen molar-refractivity contribution in [2.45, 2.75) is 51.3 Å². The van der Waals surface area contributed by atoms with Crippen LogP contribution in [-0.2, 0) is 14.7 Å². The minimum Gasteiger partial charge on any atom is -0.460 e. The molecular weight excluding hydrogens is 399 g/mol. The minimum atomic E-state index is -0.328. The first-order chi connectivity index (χ1) is 14.8. The Kier molecular flexibility index (Phi) is 7.68. The third-order valence-corrected chi connectivity index (χ3v) is 8.75. The molecule has 0 radical (unpaired) electrons. The van der Waals surface area contributed by atoms with E-state index in [2.05, 4.69) is 91.0 Å². The molecule has 1 saturated heterocycles. The lowest BCUT2D eigenvalue weighted by Crippen LogP contribution is -2.26. The zero-order valence-corrected chi connectivity index (χ0v) is 19.9. The molecule has 3 aromatic rings. The lowest BCUT2D eigenvalue weighted by Gasteiger charge is -2.37. The van der Waals surface area contributed by atoms with Crippen LogP contribution in [0.4, 0.5) is 0 Å². The molecule has 1 heterocycles. The molecule has 31 heavy (non-hydrogen) atoms. The van der Waals surface area contributed by atoms with E-state index in [-0.39, 0.29) is 24.6 Å². The van der Waals surface area contributed by atoms with Crippen molar-refractivity contribution in [3.8, 4) is 0 Å². The van der Waals surface area contributed by atoms with Gasteiger partial charge < -0.3 is 4.74 Å². The lowest BCUT2D eigenvalue weighted by atomic mass is 9.87. The van der Waals surface area contributed by atoms with E-state index in [4.69, 9.17) is 4.74 Å². The van der Waals surface area contributed by atoms with Crippen LogP contribution in [0, 0.1) is 0 Å². The molecule has 2 nitrogen and oxygen atoms in total. The van der Waals surface area contributed by atoms with Gasteiger partial charge in [-0.1, -0.05) is 98.9 Å². The van der Waals surface area contributed by atoms with Gasteiger partial charge >= 0.3 is 5.97 Å². The van der Waals surface area contributed by atoms with Gasteiger partial charge in [-0.25, -0.2) is 0 Å². The first-order valence-electron chi connectivity index (χ1n) is 11.0. The van der Waals surface area contributed by atoms with Gasteiger partial charge in [0.1, 0.15) is 5.60 Å². The summed E-state index contributed by atoms with van der Waals surface area (Å²) in [5, 5.41) is 1.70. The van der Waals surface area contributed by atoms with Crippen LogP contribution in [0.2, 0.25) is 0 Å². The number of carbonyl (C=O) groups excluding carboxylic acids is 1. The summed E-state index contributed by atoms with van der Waals surface area (Å²) in [4.78, 5) is 10.2. The molecule has 0 N–H and O–H groups in total. The number of hydrogen-bond acceptors (Lipinski definition) is 2. The Balaban J connectivity index is 0.000000293. The van der Waals surface area contributed by atoms with Crippen molar-refractivity contribution in [2.24, 2.45) is 0 Å². The number of rotatable bonds is 3. The maximum absolute atomic E-state index is 10.2. The summed E-state index contributed by atoms with van der Waals surface area (Å²) in [6.45, 7) is 6.93. The van der Waals surface area contributed by atoms with Crippen LogP contribution in [0.15, 0.2) is 91.0 Å². The predicted molar refractivity (Wildman–Crippen MR) is 132 cm³/mol. The second-order valence-corrected chi connectivity index (χ2v) is 11.5. The van der Waals surface area contributed by atoms with E-state index in [0.29, 0.717) is 0 Å². The fourth-order valence-corrected chi connectivity index (χ4v) is 7.84. The Bertz CT molecular complexity index is 907. The van der Waals surface area contributed by atoms with E-state index in [0.717, 1.165) is 0 Å². The summed E-state index contributed by atoms with van der Waals surface area (Å²) >= 11 is 0. The van der Waals surface area contributed by atoms with Gasteiger partial charge in [0.25, 0.3) is 0 Å². The van der Waals surface area contributed by atoms with E-state index in [1.54, 1.807) is 0 Å². The average molecular weight is 433 g/mol. The van der Waals surface area contributed by atoms with Crippen LogP contribution in [0.3, 0.4) is 0 Å². The highest BCUT2D eigenvalue weighted by Gasteiger charge is 2.45. The molecule has 1 fully saturated rings. The lowest BCUT2D eigenvalue weighted by molar-refractivity contribution is -0.151. The molecule has 0 amide bonds. The van der Waals surface area contributed by atoms with Gasteiger partial charge in [0.15, 0.2) is 0 Å². The fraction of sp³-hybridized carbons (Fsp3) is 0.321. The molecule has 0 bridgehead atoms. The normalized spacial score (nSPS) is 17.4. The maximum Gasteiger partial charge on any atom is 0.303 e. The highest BCUT2D eigenvalue weighted by molar-refractivity contribution is 7.67. The molecule has 0 aromatic heterocycles. The van der Waals surface area contributed by atoms with Gasteiger partial charge in [0, 0.05) is 12.1 Å². The first kappa shape index (κ1) is 23.2. The van der Waals surface area contributed by atoms with E-state index >= 15 is 0 Å².